The molecule has 0 radical (unpaired) electrons. The number of ether oxygens (including phenoxy) is 2. The molecule has 8 heteroatoms. The highest BCUT2D eigenvalue weighted by Gasteiger charge is 2.24. The average molecular weight is 451 g/mol. The molecule has 0 spiro atoms. The largest absolute Gasteiger partial charge is 0.454 e. The highest BCUT2D eigenvalue weighted by atomic mass is 32.2. The van der Waals surface area contributed by atoms with Gasteiger partial charge >= 0.3 is 0 Å². The van der Waals surface area contributed by atoms with Crippen LogP contribution < -0.4 is 14.8 Å². The summed E-state index contributed by atoms with van der Waals surface area (Å²) in [5.41, 5.74) is 1.81. The van der Waals surface area contributed by atoms with E-state index in [2.05, 4.69) is 22.4 Å². The first kappa shape index (κ1) is 20.9. The molecule has 2 atom stereocenters. The number of para-hydroxylation sites is 1. The second-order valence-electron chi connectivity index (χ2n) is 8.27. The number of nitrogens with one attached hydrogen (secondary N) is 1. The Morgan fingerprint density at radius 1 is 1.09 bits per heavy atom. The molecule has 0 bridgehead atoms. The fraction of sp³-hybridized carbons (Fsp3) is 0.375. The summed E-state index contributed by atoms with van der Waals surface area (Å²) in [6.07, 6.45) is 4.68. The minimum Gasteiger partial charge on any atom is -0.454 e. The number of carbonyl (C=O) groups is 1. The van der Waals surface area contributed by atoms with Crippen LogP contribution in [0.25, 0.3) is 17.1 Å². The normalized spacial score (nSPS) is 19.7. The van der Waals surface area contributed by atoms with Crippen LogP contribution >= 0.6 is 11.8 Å². The molecule has 1 aliphatic carbocycles. The van der Waals surface area contributed by atoms with Crippen molar-refractivity contribution in [3.05, 3.63) is 48.5 Å². The summed E-state index contributed by atoms with van der Waals surface area (Å²) in [5.74, 6) is 2.99. The lowest BCUT2D eigenvalue weighted by molar-refractivity contribution is -0.119. The van der Waals surface area contributed by atoms with E-state index in [1.807, 2.05) is 53.1 Å². The van der Waals surface area contributed by atoms with Gasteiger partial charge < -0.3 is 14.8 Å². The first-order valence-corrected chi connectivity index (χ1v) is 12.0. The molecular formula is C24H26N4O3S. The minimum atomic E-state index is 0.0426. The zero-order valence-electron chi connectivity index (χ0n) is 18.0. The summed E-state index contributed by atoms with van der Waals surface area (Å²) in [4.78, 5) is 12.7. The van der Waals surface area contributed by atoms with Gasteiger partial charge in [0.25, 0.3) is 0 Å². The molecule has 1 N–H and O–H groups in total. The Kier molecular flexibility index (Phi) is 6.03. The van der Waals surface area contributed by atoms with Gasteiger partial charge in [-0.1, -0.05) is 49.7 Å². The smallest absolute Gasteiger partial charge is 0.231 e. The molecule has 0 unspecified atom stereocenters. The van der Waals surface area contributed by atoms with Gasteiger partial charge in [0.15, 0.2) is 22.5 Å². The molecule has 1 saturated carbocycles. The Morgan fingerprint density at radius 2 is 1.91 bits per heavy atom. The Hall–Kier alpha value is -3.00. The van der Waals surface area contributed by atoms with Crippen LogP contribution in [0.5, 0.6) is 11.5 Å². The standard InChI is InChI=1S/C24H26N4O3S/c1-16-7-5-6-10-19(16)25-22(29)14-32-24-27-26-23(28(24)18-8-3-2-4-9-18)17-11-12-20-21(13-17)31-15-30-20/h2-4,8-9,11-13,16,19H,5-7,10,14-15H2,1H3,(H,25,29)/t16-,19-/m0/s1. The Morgan fingerprint density at radius 3 is 2.75 bits per heavy atom. The van der Waals surface area contributed by atoms with Crippen molar-refractivity contribution in [2.75, 3.05) is 12.5 Å². The van der Waals surface area contributed by atoms with E-state index < -0.39 is 0 Å². The number of carbonyl (C=O) groups excluding carboxylic acids is 1. The summed E-state index contributed by atoms with van der Waals surface area (Å²) >= 11 is 1.40. The van der Waals surface area contributed by atoms with E-state index in [9.17, 15) is 4.79 Å². The van der Waals surface area contributed by atoms with E-state index in [1.54, 1.807) is 0 Å². The number of rotatable bonds is 6. The van der Waals surface area contributed by atoms with Gasteiger partial charge in [0.1, 0.15) is 0 Å². The van der Waals surface area contributed by atoms with Crippen LogP contribution in [0.15, 0.2) is 53.7 Å². The molecule has 5 rings (SSSR count). The summed E-state index contributed by atoms with van der Waals surface area (Å²) in [5, 5.41) is 12.8. The second-order valence-corrected chi connectivity index (χ2v) is 9.21. The average Bonchev–Trinajstić information content (AvgIpc) is 3.46. The van der Waals surface area contributed by atoms with E-state index in [1.165, 1.54) is 31.0 Å². The Labute approximate surface area is 191 Å². The van der Waals surface area contributed by atoms with Crippen LogP contribution in [0.3, 0.4) is 0 Å². The van der Waals surface area contributed by atoms with E-state index in [0.717, 1.165) is 23.4 Å². The van der Waals surface area contributed by atoms with Crippen molar-refractivity contribution in [1.82, 2.24) is 20.1 Å². The maximum Gasteiger partial charge on any atom is 0.231 e. The van der Waals surface area contributed by atoms with Gasteiger partial charge in [0.05, 0.1) is 5.75 Å². The molecular weight excluding hydrogens is 424 g/mol. The van der Waals surface area contributed by atoms with Gasteiger partial charge in [-0.25, -0.2) is 0 Å². The molecule has 3 aromatic rings. The summed E-state index contributed by atoms with van der Waals surface area (Å²) in [7, 11) is 0. The fourth-order valence-electron chi connectivity index (χ4n) is 4.31. The molecule has 0 saturated heterocycles. The highest BCUT2D eigenvalue weighted by Crippen LogP contribution is 2.37. The second kappa shape index (κ2) is 9.24. The van der Waals surface area contributed by atoms with Crippen molar-refractivity contribution in [3.8, 4) is 28.6 Å². The fourth-order valence-corrected chi connectivity index (χ4v) is 5.07. The van der Waals surface area contributed by atoms with Gasteiger partial charge in [-0.3, -0.25) is 9.36 Å². The molecule has 32 heavy (non-hydrogen) atoms. The van der Waals surface area contributed by atoms with Crippen LogP contribution in [0, 0.1) is 5.92 Å². The molecule has 2 aromatic carbocycles. The third-order valence-electron chi connectivity index (χ3n) is 6.07. The first-order valence-electron chi connectivity index (χ1n) is 11.0. The van der Waals surface area contributed by atoms with Crippen molar-refractivity contribution in [2.45, 2.75) is 43.8 Å². The third kappa shape index (κ3) is 4.32. The number of benzene rings is 2. The zero-order chi connectivity index (χ0) is 21.9. The van der Waals surface area contributed by atoms with Crippen LogP contribution in [-0.4, -0.2) is 39.3 Å². The number of thioether (sulfide) groups is 1. The van der Waals surface area contributed by atoms with Crippen molar-refractivity contribution in [3.63, 3.8) is 0 Å². The van der Waals surface area contributed by atoms with E-state index >= 15 is 0 Å². The lowest BCUT2D eigenvalue weighted by atomic mass is 9.86. The molecule has 1 amide bonds. The molecule has 2 heterocycles. The number of aromatic nitrogens is 3. The van der Waals surface area contributed by atoms with Gasteiger partial charge in [-0.15, -0.1) is 10.2 Å². The SMILES string of the molecule is C[C@H]1CCCC[C@@H]1NC(=O)CSc1nnc(-c2ccc3c(c2)OCO3)n1-c1ccccc1. The van der Waals surface area contributed by atoms with E-state index in [4.69, 9.17) is 9.47 Å². The first-order chi connectivity index (χ1) is 15.7. The Bertz CT molecular complexity index is 1100. The van der Waals surface area contributed by atoms with Crippen LogP contribution in [-0.2, 0) is 4.79 Å². The van der Waals surface area contributed by atoms with Crippen molar-refractivity contribution in [2.24, 2.45) is 5.92 Å². The molecule has 1 fully saturated rings. The van der Waals surface area contributed by atoms with E-state index in [-0.39, 0.29) is 18.7 Å². The van der Waals surface area contributed by atoms with E-state index in [0.29, 0.717) is 28.4 Å². The maximum absolute atomic E-state index is 12.7. The van der Waals surface area contributed by atoms with Crippen LogP contribution in [0.1, 0.15) is 32.6 Å². The number of amides is 1. The highest BCUT2D eigenvalue weighted by molar-refractivity contribution is 7.99. The maximum atomic E-state index is 12.7. The number of hydrogen-bond donors (Lipinski definition) is 1. The topological polar surface area (TPSA) is 78.3 Å². The van der Waals surface area contributed by atoms with Gasteiger partial charge in [0, 0.05) is 17.3 Å². The molecule has 2 aliphatic rings. The lowest BCUT2D eigenvalue weighted by Crippen LogP contribution is -2.41. The van der Waals surface area contributed by atoms with Crippen LogP contribution in [0.4, 0.5) is 0 Å². The monoisotopic (exact) mass is 450 g/mol. The summed E-state index contributed by atoms with van der Waals surface area (Å²) in [6.45, 7) is 2.45. The predicted octanol–water partition coefficient (Wildman–Crippen LogP) is 4.45. The van der Waals surface area contributed by atoms with Crippen molar-refractivity contribution in [1.29, 1.82) is 0 Å². The predicted molar refractivity (Wildman–Crippen MR) is 123 cm³/mol. The summed E-state index contributed by atoms with van der Waals surface area (Å²) < 4.78 is 13.0. The number of fused-ring (bicyclic) bond motifs is 1. The number of hydrogen-bond acceptors (Lipinski definition) is 6. The molecule has 7 nitrogen and oxygen atoms in total. The van der Waals surface area contributed by atoms with Crippen LogP contribution in [0.2, 0.25) is 0 Å². The molecule has 1 aromatic heterocycles. The third-order valence-corrected chi connectivity index (χ3v) is 7.00. The quantitative estimate of drug-likeness (QED) is 0.559. The molecule has 1 aliphatic heterocycles. The van der Waals surface area contributed by atoms with Gasteiger partial charge in [-0.05, 0) is 49.1 Å². The van der Waals surface area contributed by atoms with Gasteiger partial charge in [0.2, 0.25) is 12.7 Å². The number of nitrogens with zero attached hydrogens (tertiary/aromatic N) is 3. The summed E-state index contributed by atoms with van der Waals surface area (Å²) in [6, 6.07) is 16.0. The Balaban J connectivity index is 1.38. The lowest BCUT2D eigenvalue weighted by Gasteiger charge is -2.29. The van der Waals surface area contributed by atoms with Crippen molar-refractivity contribution >= 4 is 17.7 Å². The van der Waals surface area contributed by atoms with Gasteiger partial charge in [-0.2, -0.15) is 0 Å². The molecule has 166 valence electrons. The minimum absolute atomic E-state index is 0.0426. The zero-order valence-corrected chi connectivity index (χ0v) is 18.8. The van der Waals surface area contributed by atoms with Crippen molar-refractivity contribution < 1.29 is 14.3 Å².